The Morgan fingerprint density at radius 1 is 1.11 bits per heavy atom. The number of carboxylic acids is 1. The van der Waals surface area contributed by atoms with E-state index in [0.717, 1.165) is 79.4 Å². The molecule has 2 aliphatic rings. The topological polar surface area (TPSA) is 124 Å². The predicted octanol–water partition coefficient (Wildman–Crippen LogP) is 4.73. The van der Waals surface area contributed by atoms with E-state index in [1.54, 1.807) is 18.2 Å². The van der Waals surface area contributed by atoms with Gasteiger partial charge in [0.25, 0.3) is 0 Å². The molecule has 4 heterocycles. The van der Waals surface area contributed by atoms with E-state index in [2.05, 4.69) is 9.47 Å². The van der Waals surface area contributed by atoms with Crippen molar-refractivity contribution < 1.29 is 32.2 Å². The molecular formula is C32H35FN4O6S. The Hall–Kier alpha value is -3.87. The lowest BCUT2D eigenvalue weighted by Crippen LogP contribution is -2.35. The minimum atomic E-state index is -3.49. The van der Waals surface area contributed by atoms with Crippen molar-refractivity contribution in [2.45, 2.75) is 62.8 Å². The van der Waals surface area contributed by atoms with Crippen LogP contribution in [0.3, 0.4) is 0 Å². The fraction of sp³-hybridized carbons (Fsp3) is 0.406. The Bertz CT molecular complexity index is 1810. The monoisotopic (exact) mass is 622 g/mol. The van der Waals surface area contributed by atoms with Gasteiger partial charge in [-0.15, -0.1) is 0 Å². The zero-order valence-electron chi connectivity index (χ0n) is 24.7. The van der Waals surface area contributed by atoms with E-state index in [9.17, 15) is 22.7 Å². The minimum Gasteiger partial charge on any atom is -0.478 e. The number of imidazole rings is 1. The summed E-state index contributed by atoms with van der Waals surface area (Å²) in [5.41, 5.74) is 3.92. The van der Waals surface area contributed by atoms with Gasteiger partial charge in [0.05, 0.1) is 40.7 Å². The molecule has 0 aliphatic carbocycles. The third kappa shape index (κ3) is 6.47. The highest BCUT2D eigenvalue weighted by atomic mass is 32.2. The van der Waals surface area contributed by atoms with Crippen LogP contribution in [-0.4, -0.2) is 71.0 Å². The van der Waals surface area contributed by atoms with Crippen LogP contribution in [0, 0.1) is 12.7 Å². The van der Waals surface area contributed by atoms with Crippen LogP contribution in [0.25, 0.3) is 11.0 Å². The Balaban J connectivity index is 1.11. The quantitative estimate of drug-likeness (QED) is 0.267. The number of pyridine rings is 1. The highest BCUT2D eigenvalue weighted by Gasteiger charge is 2.27. The summed E-state index contributed by atoms with van der Waals surface area (Å²) in [5, 5.41) is 9.62. The summed E-state index contributed by atoms with van der Waals surface area (Å²) in [5.74, 6) is -0.0555. The number of fused-ring (bicyclic) bond motifs is 1. The summed E-state index contributed by atoms with van der Waals surface area (Å²) in [6.45, 7) is 5.57. The van der Waals surface area contributed by atoms with Gasteiger partial charge in [-0.3, -0.25) is 4.90 Å². The molecule has 1 atom stereocenters. The van der Waals surface area contributed by atoms with Crippen LogP contribution in [0.1, 0.15) is 58.2 Å². The molecule has 0 amide bonds. The van der Waals surface area contributed by atoms with Crippen molar-refractivity contribution >= 4 is 26.8 Å². The number of aromatic nitrogens is 3. The molecular weight excluding hydrogens is 587 g/mol. The Labute approximate surface area is 255 Å². The molecule has 0 bridgehead atoms. The molecule has 0 unspecified atom stereocenters. The third-order valence-corrected chi connectivity index (χ3v) is 9.60. The maximum Gasteiger partial charge on any atom is 0.335 e. The summed E-state index contributed by atoms with van der Waals surface area (Å²) in [4.78, 5) is 23.7. The number of benzene rings is 2. The van der Waals surface area contributed by atoms with Crippen LogP contribution in [0.15, 0.2) is 53.4 Å². The minimum absolute atomic E-state index is 0.0644. The molecule has 1 N–H and O–H groups in total. The number of hydrogen-bond acceptors (Lipinski definition) is 8. The number of carbonyl (C=O) groups is 1. The maximum atomic E-state index is 14.5. The van der Waals surface area contributed by atoms with Crippen molar-refractivity contribution in [2.24, 2.45) is 0 Å². The third-order valence-electron chi connectivity index (χ3n) is 8.49. The summed E-state index contributed by atoms with van der Waals surface area (Å²) in [6, 6.07) is 12.8. The van der Waals surface area contributed by atoms with Gasteiger partial charge in [-0.25, -0.2) is 27.6 Å². The van der Waals surface area contributed by atoms with Crippen molar-refractivity contribution in [3.8, 4) is 5.88 Å². The molecule has 6 rings (SSSR count). The van der Waals surface area contributed by atoms with Gasteiger partial charge in [-0.1, -0.05) is 12.1 Å². The number of carboxylic acid groups (broad SMARTS) is 1. The molecule has 2 saturated heterocycles. The molecule has 2 fully saturated rings. The standard InChI is InChI=1S/C32H35FN4O6S/c1-20-14-23(32(38)39)15-28-31(20)35-29(37(28)17-24-10-13-42-24)18-36-11-8-21(9-12-36)27-4-3-5-30(34-27)43-19-22-6-7-25(16-26(22)33)44(2,40)41/h3-7,14-16,21,24H,8-13,17-19H2,1-2H3,(H,38,39)/t24-/m0/s1. The number of likely N-dealkylation sites (tertiary alicyclic amines) is 1. The van der Waals surface area contributed by atoms with E-state index >= 15 is 0 Å². The number of piperidine rings is 1. The van der Waals surface area contributed by atoms with Crippen LogP contribution in [0.2, 0.25) is 0 Å². The van der Waals surface area contributed by atoms with E-state index in [0.29, 0.717) is 19.0 Å². The first-order valence-electron chi connectivity index (χ1n) is 14.7. The smallest absolute Gasteiger partial charge is 0.335 e. The first-order valence-corrected chi connectivity index (χ1v) is 16.6. The summed E-state index contributed by atoms with van der Waals surface area (Å²) in [6.07, 6.45) is 3.91. The van der Waals surface area contributed by atoms with E-state index in [-0.39, 0.29) is 34.7 Å². The fourth-order valence-electron chi connectivity index (χ4n) is 5.87. The van der Waals surface area contributed by atoms with E-state index in [4.69, 9.17) is 19.4 Å². The van der Waals surface area contributed by atoms with E-state index in [1.807, 2.05) is 19.1 Å². The second-order valence-electron chi connectivity index (χ2n) is 11.7. The Kier molecular flexibility index (Phi) is 8.40. The molecule has 10 nitrogen and oxygen atoms in total. The fourth-order valence-corrected chi connectivity index (χ4v) is 6.51. The summed E-state index contributed by atoms with van der Waals surface area (Å²) in [7, 11) is -3.49. The SMILES string of the molecule is Cc1cc(C(=O)O)cc2c1nc(CN1CCC(c3cccc(OCc4ccc(S(C)(=O)=O)cc4F)n3)CC1)n2C[C@@H]1CCO1. The first-order chi connectivity index (χ1) is 21.0. The second kappa shape index (κ2) is 12.3. The van der Waals surface area contributed by atoms with Crippen molar-refractivity contribution in [3.63, 3.8) is 0 Å². The van der Waals surface area contributed by atoms with Gasteiger partial charge >= 0.3 is 5.97 Å². The average molecular weight is 623 g/mol. The lowest BCUT2D eigenvalue weighted by atomic mass is 9.93. The number of nitrogens with zero attached hydrogens (tertiary/aromatic N) is 4. The number of halogens is 1. The average Bonchev–Trinajstić information content (AvgIpc) is 3.31. The number of hydrogen-bond donors (Lipinski definition) is 1. The van der Waals surface area contributed by atoms with Gasteiger partial charge in [-0.2, -0.15) is 0 Å². The van der Waals surface area contributed by atoms with Crippen molar-refractivity contribution in [1.82, 2.24) is 19.4 Å². The Morgan fingerprint density at radius 2 is 1.89 bits per heavy atom. The van der Waals surface area contributed by atoms with Crippen LogP contribution in [-0.2, 0) is 34.3 Å². The molecule has 0 saturated carbocycles. The molecule has 44 heavy (non-hydrogen) atoms. The zero-order chi connectivity index (χ0) is 31.0. The first kappa shape index (κ1) is 30.2. The van der Waals surface area contributed by atoms with E-state index < -0.39 is 21.6 Å². The molecule has 0 radical (unpaired) electrons. The van der Waals surface area contributed by atoms with Gasteiger partial charge in [0.15, 0.2) is 9.84 Å². The van der Waals surface area contributed by atoms with Crippen LogP contribution in [0.4, 0.5) is 4.39 Å². The number of rotatable bonds is 10. The van der Waals surface area contributed by atoms with Crippen LogP contribution >= 0.6 is 0 Å². The number of aromatic carboxylic acids is 1. The largest absolute Gasteiger partial charge is 0.478 e. The normalized spacial score (nSPS) is 17.9. The van der Waals surface area contributed by atoms with Crippen molar-refractivity contribution in [2.75, 3.05) is 26.0 Å². The van der Waals surface area contributed by atoms with Gasteiger partial charge < -0.3 is 19.1 Å². The molecule has 12 heteroatoms. The second-order valence-corrected chi connectivity index (χ2v) is 13.7. The molecule has 2 aliphatic heterocycles. The highest BCUT2D eigenvalue weighted by molar-refractivity contribution is 7.90. The predicted molar refractivity (Wildman–Crippen MR) is 161 cm³/mol. The maximum absolute atomic E-state index is 14.5. The number of aryl methyl sites for hydroxylation is 1. The molecule has 0 spiro atoms. The van der Waals surface area contributed by atoms with Gasteiger partial charge in [-0.05, 0) is 75.2 Å². The molecule has 2 aromatic heterocycles. The van der Waals surface area contributed by atoms with E-state index in [1.165, 1.54) is 12.1 Å². The van der Waals surface area contributed by atoms with Gasteiger partial charge in [0.2, 0.25) is 5.88 Å². The number of ether oxygens (including phenoxy) is 2. The summed E-state index contributed by atoms with van der Waals surface area (Å²) < 4.78 is 51.5. The molecule has 2 aromatic carbocycles. The Morgan fingerprint density at radius 3 is 2.55 bits per heavy atom. The molecule has 4 aromatic rings. The van der Waals surface area contributed by atoms with Gasteiger partial charge in [0, 0.05) is 36.1 Å². The highest BCUT2D eigenvalue weighted by Crippen LogP contribution is 2.30. The lowest BCUT2D eigenvalue weighted by Gasteiger charge is -2.32. The lowest BCUT2D eigenvalue weighted by molar-refractivity contribution is -0.0592. The van der Waals surface area contributed by atoms with Crippen LogP contribution < -0.4 is 4.74 Å². The summed E-state index contributed by atoms with van der Waals surface area (Å²) >= 11 is 0. The van der Waals surface area contributed by atoms with Crippen molar-refractivity contribution in [1.29, 1.82) is 0 Å². The number of sulfone groups is 1. The molecule has 232 valence electrons. The van der Waals surface area contributed by atoms with Crippen molar-refractivity contribution in [3.05, 3.63) is 82.6 Å². The van der Waals surface area contributed by atoms with Gasteiger partial charge in [0.1, 0.15) is 18.2 Å². The zero-order valence-corrected chi connectivity index (χ0v) is 25.5. The van der Waals surface area contributed by atoms with Crippen LogP contribution in [0.5, 0.6) is 5.88 Å².